The Bertz CT molecular complexity index is 291. The van der Waals surface area contributed by atoms with Gasteiger partial charge in [-0.3, -0.25) is 4.79 Å². The Labute approximate surface area is 123 Å². The number of carbonyl (C=O) groups excluding carboxylic acids is 1. The zero-order valence-electron chi connectivity index (χ0n) is 13.4. The molecule has 1 N–H and O–H groups in total. The van der Waals surface area contributed by atoms with E-state index in [9.17, 15) is 4.79 Å². The SMILES string of the molecule is CCOC(=O)C(C)(CCN1CCC(COC)CC1)NC. The van der Waals surface area contributed by atoms with Gasteiger partial charge in [0, 0.05) is 20.3 Å². The first-order valence-corrected chi connectivity index (χ1v) is 7.63. The highest BCUT2D eigenvalue weighted by Gasteiger charge is 2.33. The van der Waals surface area contributed by atoms with Crippen molar-refractivity contribution < 1.29 is 14.3 Å². The van der Waals surface area contributed by atoms with E-state index in [2.05, 4.69) is 10.2 Å². The summed E-state index contributed by atoms with van der Waals surface area (Å²) < 4.78 is 10.4. The molecular formula is C15H30N2O3. The first kappa shape index (κ1) is 17.4. The summed E-state index contributed by atoms with van der Waals surface area (Å²) in [6.07, 6.45) is 3.14. The molecule has 0 aromatic carbocycles. The van der Waals surface area contributed by atoms with Crippen LogP contribution in [-0.4, -0.2) is 63.4 Å². The van der Waals surface area contributed by atoms with E-state index in [-0.39, 0.29) is 5.97 Å². The molecule has 0 bridgehead atoms. The van der Waals surface area contributed by atoms with Gasteiger partial charge in [-0.1, -0.05) is 0 Å². The van der Waals surface area contributed by atoms with E-state index < -0.39 is 5.54 Å². The van der Waals surface area contributed by atoms with Gasteiger partial charge in [-0.2, -0.15) is 0 Å². The summed E-state index contributed by atoms with van der Waals surface area (Å²) in [6.45, 7) is 8.17. The summed E-state index contributed by atoms with van der Waals surface area (Å²) in [6, 6.07) is 0. The van der Waals surface area contributed by atoms with Gasteiger partial charge in [0.15, 0.2) is 0 Å². The Morgan fingerprint density at radius 3 is 2.55 bits per heavy atom. The number of carbonyl (C=O) groups is 1. The van der Waals surface area contributed by atoms with Gasteiger partial charge in [-0.15, -0.1) is 0 Å². The molecular weight excluding hydrogens is 256 g/mol. The molecule has 1 aliphatic rings. The first-order chi connectivity index (χ1) is 9.55. The lowest BCUT2D eigenvalue weighted by atomic mass is 9.95. The van der Waals surface area contributed by atoms with Gasteiger partial charge in [0.05, 0.1) is 6.61 Å². The molecule has 0 amide bonds. The molecule has 1 unspecified atom stereocenters. The highest BCUT2D eigenvalue weighted by Crippen LogP contribution is 2.19. The molecule has 0 saturated carbocycles. The number of likely N-dealkylation sites (N-methyl/N-ethyl adjacent to an activating group) is 1. The van der Waals surface area contributed by atoms with Crippen LogP contribution in [0, 0.1) is 5.92 Å². The van der Waals surface area contributed by atoms with Crippen LogP contribution >= 0.6 is 0 Å². The quantitative estimate of drug-likeness (QED) is 0.681. The smallest absolute Gasteiger partial charge is 0.326 e. The van der Waals surface area contributed by atoms with Gasteiger partial charge in [0.2, 0.25) is 0 Å². The maximum Gasteiger partial charge on any atom is 0.326 e. The molecule has 1 heterocycles. The summed E-state index contributed by atoms with van der Waals surface area (Å²) in [5.41, 5.74) is -0.584. The molecule has 1 atom stereocenters. The Morgan fingerprint density at radius 2 is 2.05 bits per heavy atom. The summed E-state index contributed by atoms with van der Waals surface area (Å²) in [4.78, 5) is 14.4. The van der Waals surface area contributed by atoms with Crippen molar-refractivity contribution in [2.45, 2.75) is 38.6 Å². The number of hydrogen-bond acceptors (Lipinski definition) is 5. The fourth-order valence-electron chi connectivity index (χ4n) is 2.61. The van der Waals surface area contributed by atoms with E-state index in [0.29, 0.717) is 12.5 Å². The topological polar surface area (TPSA) is 50.8 Å². The molecule has 5 heteroatoms. The minimum atomic E-state index is -0.584. The summed E-state index contributed by atoms with van der Waals surface area (Å²) >= 11 is 0. The van der Waals surface area contributed by atoms with E-state index in [0.717, 1.165) is 32.7 Å². The standard InChI is InChI=1S/C15H30N2O3/c1-5-20-14(18)15(2,16-3)8-11-17-9-6-13(7-10-17)12-19-4/h13,16H,5-12H2,1-4H3. The number of esters is 1. The number of likely N-dealkylation sites (tertiary alicyclic amines) is 1. The second-order valence-corrected chi connectivity index (χ2v) is 5.79. The third kappa shape index (κ3) is 5.04. The Hall–Kier alpha value is -0.650. The number of methoxy groups -OCH3 is 1. The van der Waals surface area contributed by atoms with Gasteiger partial charge in [0.1, 0.15) is 5.54 Å². The van der Waals surface area contributed by atoms with Gasteiger partial charge < -0.3 is 19.7 Å². The Balaban J connectivity index is 2.36. The molecule has 1 saturated heterocycles. The van der Waals surface area contributed by atoms with Crippen LogP contribution in [0.4, 0.5) is 0 Å². The molecule has 20 heavy (non-hydrogen) atoms. The average molecular weight is 286 g/mol. The van der Waals surface area contributed by atoms with E-state index in [1.165, 1.54) is 12.8 Å². The van der Waals surface area contributed by atoms with Crippen molar-refractivity contribution in [1.29, 1.82) is 0 Å². The lowest BCUT2D eigenvalue weighted by molar-refractivity contribution is -0.150. The second-order valence-electron chi connectivity index (χ2n) is 5.79. The van der Waals surface area contributed by atoms with Crippen molar-refractivity contribution in [3.05, 3.63) is 0 Å². The number of ether oxygens (including phenoxy) is 2. The highest BCUT2D eigenvalue weighted by molar-refractivity contribution is 5.80. The van der Waals surface area contributed by atoms with Crippen LogP contribution in [0.25, 0.3) is 0 Å². The zero-order chi connectivity index (χ0) is 15.0. The van der Waals surface area contributed by atoms with Crippen molar-refractivity contribution in [2.24, 2.45) is 5.92 Å². The Kier molecular flexibility index (Phi) is 7.48. The third-order valence-electron chi connectivity index (χ3n) is 4.32. The van der Waals surface area contributed by atoms with Gasteiger partial charge in [-0.25, -0.2) is 0 Å². The van der Waals surface area contributed by atoms with E-state index in [1.807, 2.05) is 20.9 Å². The van der Waals surface area contributed by atoms with Crippen LogP contribution in [-0.2, 0) is 14.3 Å². The predicted octanol–water partition coefficient (Wildman–Crippen LogP) is 1.28. The molecule has 1 aliphatic heterocycles. The number of nitrogens with zero attached hydrogens (tertiary/aromatic N) is 1. The molecule has 0 aliphatic carbocycles. The van der Waals surface area contributed by atoms with E-state index >= 15 is 0 Å². The normalized spacial score (nSPS) is 20.6. The fourth-order valence-corrected chi connectivity index (χ4v) is 2.61. The van der Waals surface area contributed by atoms with Crippen LogP contribution in [0.2, 0.25) is 0 Å². The van der Waals surface area contributed by atoms with E-state index in [1.54, 1.807) is 7.11 Å². The fraction of sp³-hybridized carbons (Fsp3) is 0.933. The average Bonchev–Trinajstić information content (AvgIpc) is 2.47. The number of rotatable bonds is 8. The van der Waals surface area contributed by atoms with Crippen LogP contribution in [0.3, 0.4) is 0 Å². The lowest BCUT2D eigenvalue weighted by Crippen LogP contribution is -2.51. The van der Waals surface area contributed by atoms with Crippen molar-refractivity contribution in [3.8, 4) is 0 Å². The van der Waals surface area contributed by atoms with Gasteiger partial charge in [-0.05, 0) is 59.2 Å². The third-order valence-corrected chi connectivity index (χ3v) is 4.32. The maximum atomic E-state index is 12.0. The van der Waals surface area contributed by atoms with Crippen molar-refractivity contribution in [1.82, 2.24) is 10.2 Å². The number of nitrogens with one attached hydrogen (secondary N) is 1. The molecule has 118 valence electrons. The summed E-state index contributed by atoms with van der Waals surface area (Å²) in [5.74, 6) is 0.536. The lowest BCUT2D eigenvalue weighted by Gasteiger charge is -2.34. The minimum absolute atomic E-state index is 0.156. The molecule has 0 aromatic rings. The zero-order valence-corrected chi connectivity index (χ0v) is 13.4. The van der Waals surface area contributed by atoms with E-state index in [4.69, 9.17) is 9.47 Å². The molecule has 1 fully saturated rings. The van der Waals surface area contributed by atoms with Crippen molar-refractivity contribution in [2.75, 3.05) is 47.0 Å². The first-order valence-electron chi connectivity index (χ1n) is 7.63. The molecule has 0 radical (unpaired) electrons. The van der Waals surface area contributed by atoms with Crippen molar-refractivity contribution in [3.63, 3.8) is 0 Å². The van der Waals surface area contributed by atoms with Gasteiger partial charge in [0.25, 0.3) is 0 Å². The monoisotopic (exact) mass is 286 g/mol. The molecule has 0 spiro atoms. The summed E-state index contributed by atoms with van der Waals surface area (Å²) in [5, 5.41) is 3.11. The predicted molar refractivity (Wildman–Crippen MR) is 79.8 cm³/mol. The minimum Gasteiger partial charge on any atom is -0.465 e. The Morgan fingerprint density at radius 1 is 1.40 bits per heavy atom. The largest absolute Gasteiger partial charge is 0.465 e. The number of piperidine rings is 1. The second kappa shape index (κ2) is 8.60. The van der Waals surface area contributed by atoms with Crippen LogP contribution in [0.15, 0.2) is 0 Å². The maximum absolute atomic E-state index is 12.0. The molecule has 0 aromatic heterocycles. The number of hydrogen-bond donors (Lipinski definition) is 1. The van der Waals surface area contributed by atoms with Crippen molar-refractivity contribution >= 4 is 5.97 Å². The highest BCUT2D eigenvalue weighted by atomic mass is 16.5. The molecule has 5 nitrogen and oxygen atoms in total. The van der Waals surface area contributed by atoms with Gasteiger partial charge >= 0.3 is 5.97 Å². The van der Waals surface area contributed by atoms with Crippen LogP contribution in [0.5, 0.6) is 0 Å². The van der Waals surface area contributed by atoms with Crippen LogP contribution in [0.1, 0.15) is 33.1 Å². The van der Waals surface area contributed by atoms with Crippen LogP contribution < -0.4 is 5.32 Å². The summed E-state index contributed by atoms with van der Waals surface area (Å²) in [7, 11) is 3.59. The molecule has 1 rings (SSSR count).